The third-order valence-electron chi connectivity index (χ3n) is 7.42. The predicted molar refractivity (Wildman–Crippen MR) is 142 cm³/mol. The monoisotopic (exact) mass is 544 g/mol. The van der Waals surface area contributed by atoms with Crippen LogP contribution in [0, 0.1) is 5.41 Å². The lowest BCUT2D eigenvalue weighted by atomic mass is 9.67. The zero-order valence-electron chi connectivity index (χ0n) is 22.1. The number of nitrogens with zero attached hydrogens (tertiary/aromatic N) is 3. The Bertz CT molecular complexity index is 1070. The van der Waals surface area contributed by atoms with E-state index in [1.165, 1.54) is 0 Å². The van der Waals surface area contributed by atoms with E-state index >= 15 is 0 Å². The number of carbonyl (C=O) groups is 2. The molecule has 2 unspecified atom stereocenters. The Hall–Kier alpha value is -2.75. The number of halogens is 1. The van der Waals surface area contributed by atoms with E-state index in [1.54, 1.807) is 17.3 Å². The number of ketones is 1. The number of amides is 1. The van der Waals surface area contributed by atoms with E-state index in [1.807, 2.05) is 37.3 Å². The first-order valence-electron chi connectivity index (χ1n) is 13.5. The average Bonchev–Trinajstić information content (AvgIpc) is 3.70. The Morgan fingerprint density at radius 2 is 2.03 bits per heavy atom. The first-order chi connectivity index (χ1) is 18.4. The van der Waals surface area contributed by atoms with Gasteiger partial charge in [-0.15, -0.1) is 5.06 Å². The summed E-state index contributed by atoms with van der Waals surface area (Å²) >= 11 is 5.80. The van der Waals surface area contributed by atoms with E-state index in [0.29, 0.717) is 25.5 Å². The molecule has 206 valence electrons. The molecule has 0 radical (unpaired) electrons. The molecule has 0 bridgehead atoms. The second-order valence-electron chi connectivity index (χ2n) is 10.2. The summed E-state index contributed by atoms with van der Waals surface area (Å²) in [6.07, 6.45) is 7.42. The average molecular weight is 545 g/mol. The van der Waals surface area contributed by atoms with E-state index in [-0.39, 0.29) is 22.5 Å². The number of hydroxylamine groups is 2. The number of nitrogens with one attached hydrogen (secondary N) is 1. The fourth-order valence-corrected chi connectivity index (χ4v) is 5.01. The van der Waals surface area contributed by atoms with Crippen molar-refractivity contribution in [3.05, 3.63) is 53.4 Å². The van der Waals surface area contributed by atoms with Gasteiger partial charge in [0.15, 0.2) is 0 Å². The van der Waals surface area contributed by atoms with Crippen LogP contribution in [0.3, 0.4) is 0 Å². The van der Waals surface area contributed by atoms with Gasteiger partial charge in [0.25, 0.3) is 0 Å². The first-order valence-corrected chi connectivity index (χ1v) is 13.9. The molecule has 1 N–H and O–H groups in total. The lowest BCUT2D eigenvalue weighted by Crippen LogP contribution is -2.45. The molecule has 0 spiro atoms. The number of carbonyl (C=O) groups excluding carboxylic acids is 2. The molecule has 4 atom stereocenters. The zero-order chi connectivity index (χ0) is 27.0. The van der Waals surface area contributed by atoms with Gasteiger partial charge in [-0.1, -0.05) is 56.5 Å². The molecule has 2 aromatic rings. The summed E-state index contributed by atoms with van der Waals surface area (Å²) in [7, 11) is 0. The molecule has 2 heterocycles. The van der Waals surface area contributed by atoms with Crippen LogP contribution >= 0.6 is 11.6 Å². The number of aromatic nitrogens is 2. The zero-order valence-corrected chi connectivity index (χ0v) is 22.9. The Kier molecular flexibility index (Phi) is 9.93. The molecular weight excluding hydrogens is 508 g/mol. The summed E-state index contributed by atoms with van der Waals surface area (Å²) in [5.74, 6) is 0.306. The molecule has 4 rings (SSSR count). The Morgan fingerprint density at radius 3 is 2.71 bits per heavy atom. The molecule has 38 heavy (non-hydrogen) atoms. The number of unbranched alkanes of at least 4 members (excludes halogenated alkanes) is 1. The van der Waals surface area contributed by atoms with Crippen molar-refractivity contribution in [3.63, 3.8) is 0 Å². The summed E-state index contributed by atoms with van der Waals surface area (Å²) in [4.78, 5) is 39.5. The maximum Gasteiger partial charge on any atom is 0.407 e. The minimum Gasteiger partial charge on any atom is -0.478 e. The number of benzene rings is 1. The van der Waals surface area contributed by atoms with Gasteiger partial charge in [-0.05, 0) is 56.2 Å². The number of hydrogen-bond donors (Lipinski definition) is 1. The molecule has 2 fully saturated rings. The molecule has 2 aliphatic rings. The fraction of sp³-hybridized carbons (Fsp3) is 0.571. The number of ether oxygens (including phenoxy) is 2. The topological polar surface area (TPSA) is 106 Å². The van der Waals surface area contributed by atoms with Crippen LogP contribution in [0.5, 0.6) is 5.88 Å². The van der Waals surface area contributed by atoms with Crippen molar-refractivity contribution < 1.29 is 23.9 Å². The Morgan fingerprint density at radius 1 is 1.24 bits per heavy atom. The van der Waals surface area contributed by atoms with Crippen molar-refractivity contribution in [2.24, 2.45) is 5.41 Å². The Labute approximate surface area is 229 Å². The summed E-state index contributed by atoms with van der Waals surface area (Å²) in [5.41, 5.74) is 1.02. The first kappa shape index (κ1) is 28.3. The summed E-state index contributed by atoms with van der Waals surface area (Å²) in [6, 6.07) is 10.9. The van der Waals surface area contributed by atoms with E-state index in [4.69, 9.17) is 25.9 Å². The normalized spacial score (nSPS) is 21.0. The van der Waals surface area contributed by atoms with E-state index in [2.05, 4.69) is 22.2 Å². The van der Waals surface area contributed by atoms with Crippen molar-refractivity contribution >= 4 is 23.5 Å². The van der Waals surface area contributed by atoms with Crippen LogP contribution in [-0.2, 0) is 14.4 Å². The van der Waals surface area contributed by atoms with E-state index < -0.39 is 18.4 Å². The minimum absolute atomic E-state index is 0.0472. The lowest BCUT2D eigenvalue weighted by Gasteiger charge is -2.41. The molecule has 1 aliphatic carbocycles. The van der Waals surface area contributed by atoms with Gasteiger partial charge in [-0.25, -0.2) is 9.78 Å². The van der Waals surface area contributed by atoms with Crippen LogP contribution in [0.15, 0.2) is 42.6 Å². The van der Waals surface area contributed by atoms with Gasteiger partial charge in [-0.2, -0.15) is 4.98 Å². The van der Waals surface area contributed by atoms with Gasteiger partial charge in [0.2, 0.25) is 23.2 Å². The molecule has 1 saturated carbocycles. The van der Waals surface area contributed by atoms with Gasteiger partial charge in [0.1, 0.15) is 0 Å². The molecule has 1 aliphatic heterocycles. The molecule has 1 aromatic heterocycles. The van der Waals surface area contributed by atoms with Gasteiger partial charge in [0, 0.05) is 17.7 Å². The summed E-state index contributed by atoms with van der Waals surface area (Å²) < 4.78 is 11.3. The van der Waals surface area contributed by atoms with Crippen molar-refractivity contribution in [1.82, 2.24) is 20.3 Å². The van der Waals surface area contributed by atoms with E-state index in [9.17, 15) is 9.59 Å². The van der Waals surface area contributed by atoms with Crippen LogP contribution < -0.4 is 10.1 Å². The Balaban J connectivity index is 1.23. The highest BCUT2D eigenvalue weighted by molar-refractivity contribution is 6.28. The molecule has 1 aromatic carbocycles. The molecule has 9 nitrogen and oxygen atoms in total. The highest BCUT2D eigenvalue weighted by Gasteiger charge is 2.49. The van der Waals surface area contributed by atoms with Crippen molar-refractivity contribution in [3.8, 4) is 5.88 Å². The highest BCUT2D eigenvalue weighted by Crippen LogP contribution is 2.45. The maximum absolute atomic E-state index is 13.2. The summed E-state index contributed by atoms with van der Waals surface area (Å²) in [5, 5.41) is 4.66. The smallest absolute Gasteiger partial charge is 0.407 e. The second kappa shape index (κ2) is 13.4. The number of Topliss-reactive ketones (excluding diaryl/α,β-unsaturated/α-hetero) is 1. The SMILES string of the molecule is CCCC[C@H](NC(=O)OCC1(CCCOc2ccnc(Cl)n2)CCC1)C(=O)C1ON1[C@H](C)c1ccccc1. The van der Waals surface area contributed by atoms with Crippen LogP contribution in [-0.4, -0.2) is 52.4 Å². The van der Waals surface area contributed by atoms with Gasteiger partial charge >= 0.3 is 6.09 Å². The third kappa shape index (κ3) is 7.65. The van der Waals surface area contributed by atoms with Gasteiger partial charge in [-0.3, -0.25) is 9.63 Å². The quantitative estimate of drug-likeness (QED) is 0.174. The van der Waals surface area contributed by atoms with Crippen molar-refractivity contribution in [1.29, 1.82) is 0 Å². The van der Waals surface area contributed by atoms with Crippen LogP contribution in [0.4, 0.5) is 4.79 Å². The van der Waals surface area contributed by atoms with Crippen molar-refractivity contribution in [2.75, 3.05) is 13.2 Å². The molecule has 1 amide bonds. The van der Waals surface area contributed by atoms with E-state index in [0.717, 1.165) is 50.5 Å². The van der Waals surface area contributed by atoms with Gasteiger partial charge < -0.3 is 14.8 Å². The summed E-state index contributed by atoms with van der Waals surface area (Å²) in [6.45, 7) is 4.87. The van der Waals surface area contributed by atoms with Crippen LogP contribution in [0.2, 0.25) is 5.28 Å². The number of hydrogen-bond acceptors (Lipinski definition) is 8. The number of alkyl carbamates (subject to hydrolysis) is 1. The van der Waals surface area contributed by atoms with Crippen LogP contribution in [0.1, 0.15) is 76.8 Å². The van der Waals surface area contributed by atoms with Gasteiger partial charge in [0.05, 0.1) is 25.3 Å². The van der Waals surface area contributed by atoms with Crippen LogP contribution in [0.25, 0.3) is 0 Å². The maximum atomic E-state index is 13.2. The standard InChI is InChI=1S/C28H37ClN4O5/c1-3-4-12-22(24(34)25-33(38-25)20(2)21-10-6-5-7-11-21)31-27(35)37-19-28(14-8-15-28)16-9-18-36-23-13-17-30-26(29)32-23/h5-7,10-11,13,17,20,22,25H,3-4,8-9,12,14-16,18-19H2,1-2H3,(H,31,35)/t20-,22+,25?,33?/m1/s1. The minimum atomic E-state index is -0.657. The third-order valence-corrected chi connectivity index (χ3v) is 7.60. The molecule has 10 heteroatoms. The fourth-order valence-electron chi connectivity index (χ4n) is 4.87. The highest BCUT2D eigenvalue weighted by atomic mass is 35.5. The van der Waals surface area contributed by atoms with Crippen molar-refractivity contribution in [2.45, 2.75) is 83.5 Å². The lowest BCUT2D eigenvalue weighted by molar-refractivity contribution is -0.122. The second-order valence-corrected chi connectivity index (χ2v) is 10.5. The molecular formula is C28H37ClN4O5. The number of rotatable bonds is 15. The predicted octanol–water partition coefficient (Wildman–Crippen LogP) is 5.65. The largest absolute Gasteiger partial charge is 0.478 e. The molecule has 1 saturated heterocycles.